The van der Waals surface area contributed by atoms with Crippen molar-refractivity contribution in [2.45, 2.75) is 51.9 Å². The van der Waals surface area contributed by atoms with Gasteiger partial charge in [0.1, 0.15) is 0 Å². The van der Waals surface area contributed by atoms with E-state index in [1.165, 1.54) is 6.42 Å². The van der Waals surface area contributed by atoms with Gasteiger partial charge >= 0.3 is 0 Å². The van der Waals surface area contributed by atoms with Crippen LogP contribution in [0.3, 0.4) is 0 Å². The quantitative estimate of drug-likeness (QED) is 0.798. The molecule has 0 aliphatic rings. The van der Waals surface area contributed by atoms with Crippen molar-refractivity contribution in [2.24, 2.45) is 0 Å². The fourth-order valence-corrected chi connectivity index (χ4v) is 1.49. The number of aromatic nitrogens is 4. The highest BCUT2D eigenvalue weighted by Gasteiger charge is 2.28. The molecular formula is C10H19N5. The smallest absolute Gasteiger partial charge is 0.259 e. The van der Waals surface area contributed by atoms with Gasteiger partial charge in [-0.3, -0.25) is 0 Å². The van der Waals surface area contributed by atoms with Gasteiger partial charge < -0.3 is 5.73 Å². The molecule has 2 N–H and O–H groups in total. The van der Waals surface area contributed by atoms with E-state index in [2.05, 4.69) is 41.2 Å². The molecule has 0 saturated carbocycles. The SMILES string of the molecule is CCCCC(C)(CC)c1nnc(N)nn1. The van der Waals surface area contributed by atoms with Crippen LogP contribution in [-0.2, 0) is 5.41 Å². The minimum atomic E-state index is -0.0241. The minimum Gasteiger partial charge on any atom is -0.365 e. The number of unbranched alkanes of at least 4 members (excludes halogenated alkanes) is 1. The van der Waals surface area contributed by atoms with Gasteiger partial charge in [-0.2, -0.15) is 0 Å². The second kappa shape index (κ2) is 5.00. The molecule has 1 unspecified atom stereocenters. The molecule has 5 nitrogen and oxygen atoms in total. The predicted octanol–water partition coefficient (Wildman–Crippen LogP) is 1.71. The van der Waals surface area contributed by atoms with Crippen molar-refractivity contribution in [3.8, 4) is 0 Å². The Bertz CT molecular complexity index is 297. The second-order valence-electron chi connectivity index (χ2n) is 4.10. The normalized spacial score (nSPS) is 14.9. The number of nitrogens with zero attached hydrogens (tertiary/aromatic N) is 4. The van der Waals surface area contributed by atoms with Crippen molar-refractivity contribution >= 4 is 5.95 Å². The summed E-state index contributed by atoms with van der Waals surface area (Å²) in [5.74, 6) is 0.834. The third-order valence-electron chi connectivity index (χ3n) is 2.90. The van der Waals surface area contributed by atoms with Crippen LogP contribution in [0, 0.1) is 0 Å². The molecule has 0 bridgehead atoms. The van der Waals surface area contributed by atoms with Crippen LogP contribution in [0.1, 0.15) is 52.3 Å². The molecular weight excluding hydrogens is 190 g/mol. The lowest BCUT2D eigenvalue weighted by atomic mass is 9.81. The Morgan fingerprint density at radius 2 is 1.73 bits per heavy atom. The largest absolute Gasteiger partial charge is 0.365 e. The Kier molecular flexibility index (Phi) is 3.94. The van der Waals surface area contributed by atoms with E-state index in [0.29, 0.717) is 5.82 Å². The van der Waals surface area contributed by atoms with Crippen molar-refractivity contribution in [2.75, 3.05) is 5.73 Å². The van der Waals surface area contributed by atoms with Gasteiger partial charge in [0, 0.05) is 5.41 Å². The van der Waals surface area contributed by atoms with Crippen LogP contribution in [0.5, 0.6) is 0 Å². The van der Waals surface area contributed by atoms with Crippen LogP contribution >= 0.6 is 0 Å². The number of hydrogen-bond donors (Lipinski definition) is 1. The predicted molar refractivity (Wildman–Crippen MR) is 59.2 cm³/mol. The van der Waals surface area contributed by atoms with Crippen molar-refractivity contribution in [3.63, 3.8) is 0 Å². The number of nitrogens with two attached hydrogens (primary N) is 1. The van der Waals surface area contributed by atoms with Gasteiger partial charge in [0.25, 0.3) is 5.95 Å². The van der Waals surface area contributed by atoms with E-state index in [1.54, 1.807) is 0 Å². The van der Waals surface area contributed by atoms with Crippen LogP contribution in [0.25, 0.3) is 0 Å². The summed E-state index contributed by atoms with van der Waals surface area (Å²) in [4.78, 5) is 0. The van der Waals surface area contributed by atoms with E-state index in [-0.39, 0.29) is 11.4 Å². The zero-order valence-corrected chi connectivity index (χ0v) is 9.69. The Hall–Kier alpha value is -1.26. The van der Waals surface area contributed by atoms with Crippen molar-refractivity contribution in [1.29, 1.82) is 0 Å². The summed E-state index contributed by atoms with van der Waals surface area (Å²) in [6, 6.07) is 0. The molecule has 1 aromatic rings. The molecule has 1 rings (SSSR count). The first kappa shape index (κ1) is 11.8. The molecule has 1 atom stereocenters. The third-order valence-corrected chi connectivity index (χ3v) is 2.90. The van der Waals surface area contributed by atoms with Gasteiger partial charge in [-0.25, -0.2) is 0 Å². The standard InChI is InChI=1S/C10H19N5/c1-4-6-7-10(3,5-2)8-12-14-9(11)15-13-8/h4-7H2,1-3H3,(H2,11,14,15). The number of nitrogen functional groups attached to an aromatic ring is 1. The molecule has 0 amide bonds. The Labute approximate surface area is 90.5 Å². The van der Waals surface area contributed by atoms with Crippen molar-refractivity contribution < 1.29 is 0 Å². The van der Waals surface area contributed by atoms with Gasteiger partial charge in [-0.05, 0) is 12.8 Å². The van der Waals surface area contributed by atoms with Crippen LogP contribution < -0.4 is 5.73 Å². The maximum Gasteiger partial charge on any atom is 0.259 e. The maximum atomic E-state index is 5.36. The van der Waals surface area contributed by atoms with E-state index in [9.17, 15) is 0 Å². The summed E-state index contributed by atoms with van der Waals surface area (Å²) in [6.45, 7) is 6.46. The summed E-state index contributed by atoms with van der Waals surface area (Å²) in [6.07, 6.45) is 4.39. The molecule has 15 heavy (non-hydrogen) atoms. The van der Waals surface area contributed by atoms with E-state index < -0.39 is 0 Å². The Morgan fingerprint density at radius 1 is 1.13 bits per heavy atom. The highest BCUT2D eigenvalue weighted by Crippen LogP contribution is 2.29. The van der Waals surface area contributed by atoms with Gasteiger partial charge in [-0.15, -0.1) is 20.4 Å². The van der Waals surface area contributed by atoms with E-state index in [1.807, 2.05) is 0 Å². The van der Waals surface area contributed by atoms with Crippen LogP contribution in [0.15, 0.2) is 0 Å². The first-order valence-electron chi connectivity index (χ1n) is 5.45. The van der Waals surface area contributed by atoms with E-state index in [0.717, 1.165) is 19.3 Å². The number of hydrogen-bond acceptors (Lipinski definition) is 5. The van der Waals surface area contributed by atoms with Gasteiger partial charge in [0.2, 0.25) is 0 Å². The molecule has 0 spiro atoms. The van der Waals surface area contributed by atoms with Gasteiger partial charge in [-0.1, -0.05) is 33.6 Å². The molecule has 1 aromatic heterocycles. The van der Waals surface area contributed by atoms with Gasteiger partial charge in [0.05, 0.1) is 0 Å². The highest BCUT2D eigenvalue weighted by atomic mass is 15.3. The first-order valence-corrected chi connectivity index (χ1v) is 5.45. The maximum absolute atomic E-state index is 5.36. The lowest BCUT2D eigenvalue weighted by molar-refractivity contribution is 0.371. The Morgan fingerprint density at radius 3 is 2.20 bits per heavy atom. The molecule has 0 fully saturated rings. The first-order chi connectivity index (χ1) is 7.12. The molecule has 0 aromatic carbocycles. The fourth-order valence-electron chi connectivity index (χ4n) is 1.49. The summed E-state index contributed by atoms with van der Waals surface area (Å²) in [7, 11) is 0. The summed E-state index contributed by atoms with van der Waals surface area (Å²) >= 11 is 0. The molecule has 5 heteroatoms. The highest BCUT2D eigenvalue weighted by molar-refractivity contribution is 5.10. The summed E-state index contributed by atoms with van der Waals surface area (Å²) < 4.78 is 0. The van der Waals surface area contributed by atoms with E-state index in [4.69, 9.17) is 5.73 Å². The molecule has 1 heterocycles. The molecule has 0 aliphatic heterocycles. The third kappa shape index (κ3) is 2.84. The average molecular weight is 209 g/mol. The lowest BCUT2D eigenvalue weighted by Crippen LogP contribution is -2.25. The van der Waals surface area contributed by atoms with E-state index >= 15 is 0 Å². The summed E-state index contributed by atoms with van der Waals surface area (Å²) in [5.41, 5.74) is 5.34. The second-order valence-corrected chi connectivity index (χ2v) is 4.10. The fraction of sp³-hybridized carbons (Fsp3) is 0.800. The molecule has 0 aliphatic carbocycles. The molecule has 0 radical (unpaired) electrons. The van der Waals surface area contributed by atoms with Crippen molar-refractivity contribution in [3.05, 3.63) is 5.82 Å². The minimum absolute atomic E-state index is 0.0241. The molecule has 0 saturated heterocycles. The Balaban J connectivity index is 2.85. The zero-order chi connectivity index (χ0) is 11.3. The number of anilines is 1. The topological polar surface area (TPSA) is 77.6 Å². The zero-order valence-electron chi connectivity index (χ0n) is 9.69. The van der Waals surface area contributed by atoms with Crippen molar-refractivity contribution in [1.82, 2.24) is 20.4 Å². The lowest BCUT2D eigenvalue weighted by Gasteiger charge is -2.24. The molecule has 84 valence electrons. The number of rotatable bonds is 5. The van der Waals surface area contributed by atoms with Gasteiger partial charge in [0.15, 0.2) is 5.82 Å². The average Bonchev–Trinajstić information content (AvgIpc) is 2.27. The monoisotopic (exact) mass is 209 g/mol. The van der Waals surface area contributed by atoms with Crippen LogP contribution in [0.2, 0.25) is 0 Å². The van der Waals surface area contributed by atoms with Crippen LogP contribution in [0.4, 0.5) is 5.95 Å². The summed E-state index contributed by atoms with van der Waals surface area (Å²) in [5, 5.41) is 15.6. The van der Waals surface area contributed by atoms with Crippen LogP contribution in [-0.4, -0.2) is 20.4 Å².